The third-order valence-electron chi connectivity index (χ3n) is 12.9. The number of nitrogens with two attached hydrogens (primary N) is 2. The number of benzene rings is 4. The fourth-order valence-corrected chi connectivity index (χ4v) is 9.17. The fourth-order valence-electron chi connectivity index (χ4n) is 9.17. The molecule has 4 aromatic carbocycles. The molecule has 0 aliphatic carbocycles. The van der Waals surface area contributed by atoms with Crippen LogP contribution in [0.3, 0.4) is 0 Å². The first kappa shape index (κ1) is 67.1. The first-order valence-corrected chi connectivity index (χ1v) is 27.2. The number of amides is 2. The zero-order valence-electron chi connectivity index (χ0n) is 49.3. The number of H-pyrrole nitrogens is 2. The molecule has 0 saturated carbocycles. The molecule has 4 aromatic heterocycles. The number of halogens is 2. The summed E-state index contributed by atoms with van der Waals surface area (Å²) in [5.74, 6) is 1.31. The lowest BCUT2D eigenvalue weighted by Crippen LogP contribution is -2.46. The van der Waals surface area contributed by atoms with Gasteiger partial charge in [0, 0.05) is 49.7 Å². The molecule has 0 fully saturated rings. The van der Waals surface area contributed by atoms with Gasteiger partial charge in [-0.3, -0.25) is 18.7 Å². The largest absolute Gasteiger partial charge is 0.489 e. The average Bonchev–Trinajstić information content (AvgIpc) is 3.92. The molecule has 2 amide bonds. The number of aromatic amines is 2. The summed E-state index contributed by atoms with van der Waals surface area (Å²) in [5.41, 5.74) is 15.0. The molecular formula is C62H80Cl2N10O10. The standard InChI is InChI=1S/2C31H39N5O5.2ClH/c2*1-30(2,3)19-36-26-24(35-29(36)39)9-6-10-25(26)40-18-21(37)17-34-31(4,5)16-20-11-13-22(14-12-20)41-28-23(27(32)38)8-7-15-33-28;;/h2*6-15,21,34,37H,16-19H2,1-5H3,(H2,32,38)(H,35,39);2*1H/t2*21-;;/m00../s1. The third kappa shape index (κ3) is 19.2. The summed E-state index contributed by atoms with van der Waals surface area (Å²) in [6.45, 7) is 22.5. The zero-order chi connectivity index (χ0) is 59.6. The molecular weight excluding hydrogens is 1120 g/mol. The maximum absolute atomic E-state index is 12.6. The van der Waals surface area contributed by atoms with Crippen LogP contribution in [0.4, 0.5) is 0 Å². The lowest BCUT2D eigenvalue weighted by Gasteiger charge is -2.28. The predicted octanol–water partition coefficient (Wildman–Crippen LogP) is 8.87. The summed E-state index contributed by atoms with van der Waals surface area (Å²) in [5, 5.41) is 28.2. The van der Waals surface area contributed by atoms with Crippen molar-refractivity contribution in [3.05, 3.63) is 165 Å². The van der Waals surface area contributed by atoms with Crippen molar-refractivity contribution in [2.45, 2.75) is 118 Å². The van der Waals surface area contributed by atoms with Crippen LogP contribution in [0.5, 0.6) is 34.8 Å². The van der Waals surface area contributed by atoms with E-state index in [-0.39, 0.29) is 94.2 Å². The SMILES string of the molecule is CC(C)(C)Cn1c(=O)[nH]c2cccc(OC[C@@H](O)CNC(C)(C)Cc3ccc(Oc4ncccc4C(N)=O)cc3)c21.CC(C)(C)Cn1c(=O)[nH]c2cccc(OC[C@@H](O)CNC(C)(C)Cc3ccc(Oc4ncccc4C(N)=O)cc3)c21.Cl.Cl. The van der Waals surface area contributed by atoms with E-state index in [1.807, 2.05) is 84.9 Å². The number of carbonyl (C=O) groups excluding carboxylic acids is 2. The van der Waals surface area contributed by atoms with Crippen molar-refractivity contribution < 1.29 is 38.7 Å². The van der Waals surface area contributed by atoms with Gasteiger partial charge < -0.3 is 61.2 Å². The second-order valence-corrected chi connectivity index (χ2v) is 24.2. The number of fused-ring (bicyclic) bond motifs is 2. The van der Waals surface area contributed by atoms with Crippen molar-refractivity contribution in [2.75, 3.05) is 26.3 Å². The van der Waals surface area contributed by atoms with Crippen molar-refractivity contribution >= 4 is 58.7 Å². The highest BCUT2D eigenvalue weighted by Crippen LogP contribution is 2.30. The van der Waals surface area contributed by atoms with Gasteiger partial charge in [-0.25, -0.2) is 19.6 Å². The molecule has 4 heterocycles. The molecule has 22 heteroatoms. The topological polar surface area (TPSA) is 289 Å². The number of para-hydroxylation sites is 2. The first-order chi connectivity index (χ1) is 38.6. The van der Waals surface area contributed by atoms with E-state index >= 15 is 0 Å². The van der Waals surface area contributed by atoms with Crippen molar-refractivity contribution in [3.8, 4) is 34.8 Å². The summed E-state index contributed by atoms with van der Waals surface area (Å²) >= 11 is 0. The van der Waals surface area contributed by atoms with E-state index in [9.17, 15) is 29.4 Å². The molecule has 0 aliphatic rings. The van der Waals surface area contributed by atoms with Crippen molar-refractivity contribution in [2.24, 2.45) is 22.3 Å². The van der Waals surface area contributed by atoms with Crippen LogP contribution in [0.25, 0.3) is 22.1 Å². The number of nitrogens with one attached hydrogen (secondary N) is 4. The summed E-state index contributed by atoms with van der Waals surface area (Å²) in [6, 6.07) is 32.4. The van der Waals surface area contributed by atoms with Crippen LogP contribution in [-0.4, -0.2) is 101 Å². The van der Waals surface area contributed by atoms with Gasteiger partial charge in [0.15, 0.2) is 0 Å². The summed E-state index contributed by atoms with van der Waals surface area (Å²) < 4.78 is 26.9. The van der Waals surface area contributed by atoms with Crippen LogP contribution < -0.4 is 52.4 Å². The van der Waals surface area contributed by atoms with E-state index in [0.717, 1.165) is 11.1 Å². The number of nitrogens with zero attached hydrogens (tertiary/aromatic N) is 4. The second kappa shape index (κ2) is 28.7. The van der Waals surface area contributed by atoms with Gasteiger partial charge in [0.2, 0.25) is 11.8 Å². The lowest BCUT2D eigenvalue weighted by atomic mass is 9.94. The number of ether oxygens (including phenoxy) is 4. The Bertz CT molecular complexity index is 3350. The number of β-amino-alcohol motifs (C(OH)–C–C–N with tert-alkyl or cyclic N) is 2. The number of hydrogen-bond acceptors (Lipinski definition) is 14. The molecule has 452 valence electrons. The Balaban J connectivity index is 0.000000300. The molecule has 0 spiro atoms. The Morgan fingerprint density at radius 1 is 0.548 bits per heavy atom. The first-order valence-electron chi connectivity index (χ1n) is 27.2. The second-order valence-electron chi connectivity index (χ2n) is 24.2. The maximum Gasteiger partial charge on any atom is 0.326 e. The zero-order valence-corrected chi connectivity index (χ0v) is 50.9. The molecule has 10 N–H and O–H groups in total. The highest BCUT2D eigenvalue weighted by Gasteiger charge is 2.25. The molecule has 0 saturated heterocycles. The molecule has 2 atom stereocenters. The summed E-state index contributed by atoms with van der Waals surface area (Å²) in [6.07, 6.45) is 2.93. The van der Waals surface area contributed by atoms with E-state index in [0.29, 0.717) is 84.1 Å². The number of aliphatic hydroxyl groups excluding tert-OH is 2. The lowest BCUT2D eigenvalue weighted by molar-refractivity contribution is 0.0988. The van der Waals surface area contributed by atoms with Crippen LogP contribution in [-0.2, 0) is 25.9 Å². The van der Waals surface area contributed by atoms with Gasteiger partial charge in [-0.1, -0.05) is 77.9 Å². The highest BCUT2D eigenvalue weighted by molar-refractivity contribution is 5.95. The minimum Gasteiger partial charge on any atom is -0.489 e. The van der Waals surface area contributed by atoms with Crippen molar-refractivity contribution in [1.82, 2.24) is 39.7 Å². The molecule has 84 heavy (non-hydrogen) atoms. The monoisotopic (exact) mass is 1190 g/mol. The number of primary amides is 2. The van der Waals surface area contributed by atoms with E-state index in [1.54, 1.807) is 33.4 Å². The Morgan fingerprint density at radius 2 is 0.905 bits per heavy atom. The minimum atomic E-state index is -0.764. The quantitative estimate of drug-likeness (QED) is 0.0280. The number of carbonyl (C=O) groups is 2. The smallest absolute Gasteiger partial charge is 0.326 e. The fraction of sp³-hybridized carbons (Fsp3) is 0.387. The van der Waals surface area contributed by atoms with Gasteiger partial charge in [-0.05, 0) is 135 Å². The Morgan fingerprint density at radius 3 is 1.24 bits per heavy atom. The molecule has 0 radical (unpaired) electrons. The molecule has 8 aromatic rings. The van der Waals surface area contributed by atoms with Crippen LogP contribution in [0, 0.1) is 10.8 Å². The Hall–Kier alpha value is -7.72. The number of hydrogen-bond donors (Lipinski definition) is 8. The predicted molar refractivity (Wildman–Crippen MR) is 332 cm³/mol. The van der Waals surface area contributed by atoms with Gasteiger partial charge >= 0.3 is 11.4 Å². The number of pyridine rings is 2. The normalized spacial score (nSPS) is 12.5. The summed E-state index contributed by atoms with van der Waals surface area (Å²) in [7, 11) is 0. The number of imidazole rings is 2. The molecule has 0 aliphatic heterocycles. The summed E-state index contributed by atoms with van der Waals surface area (Å²) in [4.78, 5) is 62.4. The number of rotatable bonds is 24. The average molecular weight is 1200 g/mol. The van der Waals surface area contributed by atoms with E-state index < -0.39 is 24.0 Å². The molecule has 20 nitrogen and oxygen atoms in total. The van der Waals surface area contributed by atoms with Gasteiger partial charge in [0.1, 0.15) is 70.6 Å². The number of aromatic nitrogens is 6. The Kier molecular flexibility index (Phi) is 22.9. The van der Waals surface area contributed by atoms with E-state index in [1.165, 1.54) is 12.4 Å². The van der Waals surface area contributed by atoms with E-state index in [4.69, 9.17) is 30.4 Å². The highest BCUT2D eigenvalue weighted by atomic mass is 35.5. The van der Waals surface area contributed by atoms with Gasteiger partial charge in [-0.2, -0.15) is 0 Å². The van der Waals surface area contributed by atoms with Gasteiger partial charge in [0.05, 0.1) is 11.0 Å². The van der Waals surface area contributed by atoms with Gasteiger partial charge in [0.25, 0.3) is 11.8 Å². The molecule has 0 bridgehead atoms. The minimum absolute atomic E-state index is 0. The van der Waals surface area contributed by atoms with E-state index in [2.05, 4.69) is 99.8 Å². The van der Waals surface area contributed by atoms with Crippen molar-refractivity contribution in [1.29, 1.82) is 0 Å². The molecule has 8 rings (SSSR count). The van der Waals surface area contributed by atoms with Crippen LogP contribution in [0.1, 0.15) is 101 Å². The Labute approximate surface area is 501 Å². The molecule has 0 unspecified atom stereocenters. The van der Waals surface area contributed by atoms with Crippen molar-refractivity contribution in [3.63, 3.8) is 0 Å². The van der Waals surface area contributed by atoms with Gasteiger partial charge in [-0.15, -0.1) is 24.8 Å². The number of aliphatic hydroxyl groups is 2. The third-order valence-corrected chi connectivity index (χ3v) is 12.9. The van der Waals surface area contributed by atoms with Crippen LogP contribution in [0.2, 0.25) is 0 Å². The van der Waals surface area contributed by atoms with Crippen LogP contribution >= 0.6 is 24.8 Å². The maximum atomic E-state index is 12.6. The van der Waals surface area contributed by atoms with Crippen LogP contribution in [0.15, 0.2) is 131 Å².